The van der Waals surface area contributed by atoms with Crippen molar-refractivity contribution in [2.45, 2.75) is 13.1 Å². The van der Waals surface area contributed by atoms with Crippen molar-refractivity contribution in [1.82, 2.24) is 9.47 Å². The molecule has 0 radical (unpaired) electrons. The molecule has 1 aromatic carbocycles. The first kappa shape index (κ1) is 11.1. The lowest BCUT2D eigenvalue weighted by Crippen LogP contribution is -2.30. The first-order valence-electron chi connectivity index (χ1n) is 5.74. The molecule has 0 atom stereocenters. The molecule has 1 aliphatic heterocycles. The first-order valence-corrected chi connectivity index (χ1v) is 6.53. The molecule has 0 N–H and O–H groups in total. The maximum atomic E-state index is 5.29. The van der Waals surface area contributed by atoms with E-state index in [0.717, 1.165) is 25.4 Å². The van der Waals surface area contributed by atoms with Gasteiger partial charge in [0.15, 0.2) is 0 Å². The van der Waals surface area contributed by atoms with E-state index in [9.17, 15) is 0 Å². The van der Waals surface area contributed by atoms with E-state index in [1.54, 1.807) is 7.11 Å². The number of benzene rings is 1. The minimum absolute atomic E-state index is 0.912. The molecule has 0 fully saturated rings. The first-order chi connectivity index (χ1) is 8.20. The lowest BCUT2D eigenvalue weighted by Gasteiger charge is -2.25. The number of ether oxygens (including phenoxy) is 1. The average molecular weight is 295 g/mol. The van der Waals surface area contributed by atoms with Gasteiger partial charge in [-0.1, -0.05) is 0 Å². The van der Waals surface area contributed by atoms with Gasteiger partial charge < -0.3 is 9.30 Å². The Kier molecular flexibility index (Phi) is 2.64. The van der Waals surface area contributed by atoms with Crippen LogP contribution in [0.15, 0.2) is 22.7 Å². The monoisotopic (exact) mass is 294 g/mol. The quantitative estimate of drug-likeness (QED) is 0.805. The topological polar surface area (TPSA) is 17.4 Å². The molecule has 0 unspecified atom stereocenters. The Hall–Kier alpha value is -1.00. The predicted molar refractivity (Wildman–Crippen MR) is 72.5 cm³/mol. The van der Waals surface area contributed by atoms with Crippen LogP contribution in [-0.2, 0) is 13.1 Å². The zero-order chi connectivity index (χ0) is 12.0. The second-order valence-corrected chi connectivity index (χ2v) is 5.33. The van der Waals surface area contributed by atoms with Gasteiger partial charge in [0.2, 0.25) is 0 Å². The van der Waals surface area contributed by atoms with Gasteiger partial charge in [-0.2, -0.15) is 0 Å². The van der Waals surface area contributed by atoms with Crippen molar-refractivity contribution in [3.63, 3.8) is 0 Å². The summed E-state index contributed by atoms with van der Waals surface area (Å²) in [6, 6.07) is 6.28. The van der Waals surface area contributed by atoms with Crippen LogP contribution in [0.25, 0.3) is 10.9 Å². The number of fused-ring (bicyclic) bond motifs is 3. The highest BCUT2D eigenvalue weighted by Gasteiger charge is 2.20. The summed E-state index contributed by atoms with van der Waals surface area (Å²) in [4.78, 5) is 2.34. The van der Waals surface area contributed by atoms with E-state index in [1.807, 2.05) is 6.07 Å². The lowest BCUT2D eigenvalue weighted by molar-refractivity contribution is 0.272. The SMILES string of the molecule is COc1ccc2c(c1)c(Br)c1n2CCN(C)C1. The minimum atomic E-state index is 0.912. The maximum Gasteiger partial charge on any atom is 0.119 e. The van der Waals surface area contributed by atoms with Gasteiger partial charge in [-0.3, -0.25) is 4.90 Å². The highest BCUT2D eigenvalue weighted by atomic mass is 79.9. The van der Waals surface area contributed by atoms with Crippen LogP contribution in [-0.4, -0.2) is 30.2 Å². The molecule has 2 heterocycles. The third-order valence-electron chi connectivity index (χ3n) is 3.44. The van der Waals surface area contributed by atoms with E-state index >= 15 is 0 Å². The Morgan fingerprint density at radius 2 is 2.12 bits per heavy atom. The number of hydrogen-bond donors (Lipinski definition) is 0. The van der Waals surface area contributed by atoms with Gasteiger partial charge in [-0.05, 0) is 41.2 Å². The lowest BCUT2D eigenvalue weighted by atomic mass is 10.2. The molecule has 1 aromatic heterocycles. The smallest absolute Gasteiger partial charge is 0.119 e. The summed E-state index contributed by atoms with van der Waals surface area (Å²) in [5.41, 5.74) is 2.66. The third kappa shape index (κ3) is 1.67. The zero-order valence-electron chi connectivity index (χ0n) is 10.0. The van der Waals surface area contributed by atoms with Gasteiger partial charge in [0.1, 0.15) is 5.75 Å². The Bertz CT molecular complexity index is 576. The summed E-state index contributed by atoms with van der Waals surface area (Å²) >= 11 is 3.73. The Morgan fingerprint density at radius 1 is 1.29 bits per heavy atom. The summed E-state index contributed by atoms with van der Waals surface area (Å²) in [5.74, 6) is 0.912. The van der Waals surface area contributed by atoms with Crippen LogP contribution in [0.3, 0.4) is 0 Å². The molecular weight excluding hydrogens is 280 g/mol. The molecule has 1 aliphatic rings. The molecule has 2 aromatic rings. The van der Waals surface area contributed by atoms with Gasteiger partial charge in [-0.25, -0.2) is 0 Å². The number of aromatic nitrogens is 1. The van der Waals surface area contributed by atoms with Crippen LogP contribution in [0.1, 0.15) is 5.69 Å². The Morgan fingerprint density at radius 3 is 2.88 bits per heavy atom. The van der Waals surface area contributed by atoms with Gasteiger partial charge >= 0.3 is 0 Å². The molecule has 0 spiro atoms. The van der Waals surface area contributed by atoms with Crippen molar-refractivity contribution in [2.24, 2.45) is 0 Å². The minimum Gasteiger partial charge on any atom is -0.497 e. The van der Waals surface area contributed by atoms with Gasteiger partial charge in [0, 0.05) is 40.7 Å². The molecule has 3 nitrogen and oxygen atoms in total. The number of methoxy groups -OCH3 is 1. The molecule has 90 valence electrons. The molecule has 0 saturated heterocycles. The Labute approximate surface area is 109 Å². The fraction of sp³-hybridized carbons (Fsp3) is 0.385. The van der Waals surface area contributed by atoms with E-state index in [-0.39, 0.29) is 0 Å². The summed E-state index contributed by atoms with van der Waals surface area (Å²) in [7, 11) is 3.87. The molecule has 0 saturated carbocycles. The van der Waals surface area contributed by atoms with Crippen LogP contribution in [0.4, 0.5) is 0 Å². The van der Waals surface area contributed by atoms with Crippen LogP contribution in [0.5, 0.6) is 5.75 Å². The van der Waals surface area contributed by atoms with E-state index in [2.05, 4.69) is 44.6 Å². The van der Waals surface area contributed by atoms with Crippen LogP contribution in [0.2, 0.25) is 0 Å². The second-order valence-electron chi connectivity index (χ2n) is 4.53. The molecule has 0 amide bonds. The van der Waals surface area contributed by atoms with Crippen LogP contribution >= 0.6 is 15.9 Å². The molecular formula is C13H15BrN2O. The van der Waals surface area contributed by atoms with Crippen molar-refractivity contribution in [3.05, 3.63) is 28.4 Å². The summed E-state index contributed by atoms with van der Waals surface area (Å²) in [6.45, 7) is 3.16. The van der Waals surface area contributed by atoms with Crippen molar-refractivity contribution in [2.75, 3.05) is 20.7 Å². The van der Waals surface area contributed by atoms with Crippen molar-refractivity contribution < 1.29 is 4.74 Å². The number of hydrogen-bond acceptors (Lipinski definition) is 2. The van der Waals surface area contributed by atoms with E-state index in [0.29, 0.717) is 0 Å². The second kappa shape index (κ2) is 4.03. The van der Waals surface area contributed by atoms with Crippen LogP contribution in [0, 0.1) is 0 Å². The summed E-state index contributed by atoms with van der Waals surface area (Å²) in [5, 5.41) is 1.25. The third-order valence-corrected chi connectivity index (χ3v) is 4.32. The van der Waals surface area contributed by atoms with Gasteiger partial charge in [0.25, 0.3) is 0 Å². The summed E-state index contributed by atoms with van der Waals surface area (Å²) in [6.07, 6.45) is 0. The van der Waals surface area contributed by atoms with Gasteiger partial charge in [0.05, 0.1) is 7.11 Å². The normalized spacial score (nSPS) is 16.2. The fourth-order valence-corrected chi connectivity index (χ4v) is 3.15. The maximum absolute atomic E-state index is 5.29. The molecule has 17 heavy (non-hydrogen) atoms. The number of nitrogens with zero attached hydrogens (tertiary/aromatic N) is 2. The largest absolute Gasteiger partial charge is 0.497 e. The molecule has 3 rings (SSSR count). The molecule has 0 bridgehead atoms. The molecule has 4 heteroatoms. The fourth-order valence-electron chi connectivity index (χ4n) is 2.49. The number of likely N-dealkylation sites (N-methyl/N-ethyl adjacent to an activating group) is 1. The van der Waals surface area contributed by atoms with E-state index in [4.69, 9.17) is 4.74 Å². The molecule has 0 aliphatic carbocycles. The predicted octanol–water partition coefficient (Wildman–Crippen LogP) is 2.86. The van der Waals surface area contributed by atoms with Gasteiger partial charge in [-0.15, -0.1) is 0 Å². The highest BCUT2D eigenvalue weighted by molar-refractivity contribution is 9.10. The standard InChI is InChI=1S/C13H15BrN2O/c1-15-5-6-16-11-4-3-9(17-2)7-10(11)13(14)12(16)8-15/h3-4,7H,5-6,8H2,1-2H3. The average Bonchev–Trinajstić information content (AvgIpc) is 2.62. The van der Waals surface area contributed by atoms with Crippen molar-refractivity contribution in [3.8, 4) is 5.75 Å². The van der Waals surface area contributed by atoms with E-state index in [1.165, 1.54) is 21.1 Å². The highest BCUT2D eigenvalue weighted by Crippen LogP contribution is 2.35. The number of halogens is 1. The van der Waals surface area contributed by atoms with Crippen molar-refractivity contribution in [1.29, 1.82) is 0 Å². The Balaban J connectivity index is 2.25. The van der Waals surface area contributed by atoms with Crippen molar-refractivity contribution >= 4 is 26.8 Å². The summed E-state index contributed by atoms with van der Waals surface area (Å²) < 4.78 is 8.90. The van der Waals surface area contributed by atoms with E-state index < -0.39 is 0 Å². The van der Waals surface area contributed by atoms with Crippen LogP contribution < -0.4 is 4.74 Å². The number of rotatable bonds is 1. The zero-order valence-corrected chi connectivity index (χ0v) is 11.6.